The molecule has 7 nitrogen and oxygen atoms in total. The van der Waals surface area contributed by atoms with E-state index >= 15 is 0 Å². The summed E-state index contributed by atoms with van der Waals surface area (Å²) < 4.78 is 44.8. The molecule has 2 heterocycles. The number of nitrogens with two attached hydrogens (primary N) is 1. The monoisotopic (exact) mass is 470 g/mol. The number of hydrogen-bond donors (Lipinski definition) is 4. The van der Waals surface area contributed by atoms with Gasteiger partial charge in [0.15, 0.2) is 0 Å². The van der Waals surface area contributed by atoms with Gasteiger partial charge in [0.1, 0.15) is 11.6 Å². The number of carbonyl (C=O) groups excluding carboxylic acids is 1. The number of methoxy groups -OCH3 is 1. The van der Waals surface area contributed by atoms with Gasteiger partial charge in [0, 0.05) is 36.4 Å². The molecule has 0 spiro atoms. The number of urea groups is 1. The summed E-state index contributed by atoms with van der Waals surface area (Å²) in [5.74, 6) is 0.186. The van der Waals surface area contributed by atoms with E-state index in [-0.39, 0.29) is 22.9 Å². The lowest BCUT2D eigenvalue weighted by atomic mass is 10.1. The molecule has 0 fully saturated rings. The third-order valence-electron chi connectivity index (χ3n) is 4.27. The third-order valence-corrected chi connectivity index (χ3v) is 4.77. The van der Waals surface area contributed by atoms with E-state index in [1.54, 1.807) is 36.4 Å². The molecule has 2 amide bonds. The molecular weight excluding hydrogens is 446 g/mol. The van der Waals surface area contributed by atoms with Gasteiger partial charge in [-0.15, -0.1) is 0 Å². The normalized spacial score (nSPS) is 14.1. The van der Waals surface area contributed by atoms with E-state index in [2.05, 4.69) is 36.5 Å². The Hall–Kier alpha value is -3.52. The van der Waals surface area contributed by atoms with Crippen molar-refractivity contribution in [2.24, 2.45) is 0 Å². The molecular formula is C22H20BrN5O2. The van der Waals surface area contributed by atoms with Crippen LogP contribution in [0.4, 0.5) is 22.0 Å². The van der Waals surface area contributed by atoms with Gasteiger partial charge in [-0.3, -0.25) is 0 Å². The lowest BCUT2D eigenvalue weighted by Crippen LogP contribution is -2.19. The van der Waals surface area contributed by atoms with Crippen molar-refractivity contribution in [1.82, 2.24) is 9.97 Å². The Morgan fingerprint density at radius 3 is 2.93 bits per heavy atom. The second-order valence-corrected chi connectivity index (χ2v) is 7.28. The lowest BCUT2D eigenvalue weighted by Gasteiger charge is -2.12. The number of aromatic nitrogens is 2. The van der Waals surface area contributed by atoms with Gasteiger partial charge in [-0.05, 0) is 54.1 Å². The van der Waals surface area contributed by atoms with Crippen molar-refractivity contribution in [2.75, 3.05) is 23.4 Å². The van der Waals surface area contributed by atoms with Crippen LogP contribution in [0.5, 0.6) is 5.75 Å². The molecule has 0 bridgehead atoms. The quantitative estimate of drug-likeness (QED) is 0.323. The van der Waals surface area contributed by atoms with Crippen LogP contribution in [-0.2, 0) is 6.37 Å². The van der Waals surface area contributed by atoms with Gasteiger partial charge in [0.2, 0.25) is 0 Å². The van der Waals surface area contributed by atoms with E-state index in [0.717, 1.165) is 0 Å². The number of anilines is 3. The molecule has 4 aromatic rings. The van der Waals surface area contributed by atoms with E-state index in [9.17, 15) is 4.79 Å². The number of halogens is 1. The van der Waals surface area contributed by atoms with Crippen LogP contribution in [0.15, 0.2) is 65.3 Å². The average molecular weight is 471 g/mol. The van der Waals surface area contributed by atoms with Crippen LogP contribution in [0.25, 0.3) is 10.9 Å². The molecule has 0 atom stereocenters. The number of nitrogens with one attached hydrogen (secondary N) is 3. The largest absolute Gasteiger partial charge is 0.495 e. The average Bonchev–Trinajstić information content (AvgIpc) is 3.21. The fourth-order valence-corrected chi connectivity index (χ4v) is 3.34. The number of benzene rings is 2. The fourth-order valence-electron chi connectivity index (χ4n) is 2.98. The number of carbonyl (C=O) groups is 1. The van der Waals surface area contributed by atoms with Crippen molar-refractivity contribution >= 4 is 50.1 Å². The van der Waals surface area contributed by atoms with E-state index in [0.29, 0.717) is 26.6 Å². The zero-order valence-electron chi connectivity index (χ0n) is 20.5. The summed E-state index contributed by atoms with van der Waals surface area (Å²) >= 11 is 3.29. The predicted octanol–water partition coefficient (Wildman–Crippen LogP) is 5.15. The van der Waals surface area contributed by atoms with Crippen molar-refractivity contribution in [2.45, 2.75) is 6.37 Å². The topological polar surface area (TPSA) is 105 Å². The van der Waals surface area contributed by atoms with E-state index in [1.807, 2.05) is 0 Å². The Bertz CT molecular complexity index is 1410. The number of pyridine rings is 1. The maximum atomic E-state index is 12.8. The first-order valence-corrected chi connectivity index (χ1v) is 9.62. The van der Waals surface area contributed by atoms with Gasteiger partial charge in [0.25, 0.3) is 0 Å². The second kappa shape index (κ2) is 8.46. The highest BCUT2D eigenvalue weighted by Crippen LogP contribution is 2.29. The molecule has 152 valence electrons. The zero-order valence-corrected chi connectivity index (χ0v) is 17.1. The molecule has 0 saturated heterocycles. The van der Waals surface area contributed by atoms with Crippen LogP contribution >= 0.6 is 15.9 Å². The summed E-state index contributed by atoms with van der Waals surface area (Å²) in [6.45, 7) is 0. The highest BCUT2D eigenvalue weighted by Gasteiger charge is 2.12. The number of fused-ring (bicyclic) bond motifs is 1. The number of amides is 2. The van der Waals surface area contributed by atoms with Crippen LogP contribution in [0, 0.1) is 0 Å². The Labute approximate surface area is 188 Å². The van der Waals surface area contributed by atoms with Gasteiger partial charge in [-0.25, -0.2) is 9.78 Å². The summed E-state index contributed by atoms with van der Waals surface area (Å²) in [6, 6.07) is 13.7. The molecule has 0 aliphatic carbocycles. The molecule has 2 aromatic carbocycles. The first kappa shape index (κ1) is 14.5. The van der Waals surface area contributed by atoms with Crippen molar-refractivity contribution in [3.8, 4) is 5.75 Å². The highest BCUT2D eigenvalue weighted by molar-refractivity contribution is 9.10. The fraction of sp³-hybridized carbons (Fsp3) is 0.0909. The molecule has 4 rings (SSSR count). The molecule has 0 aliphatic heterocycles. The van der Waals surface area contributed by atoms with E-state index < -0.39 is 19.4 Å². The Morgan fingerprint density at radius 2 is 2.10 bits per heavy atom. The highest BCUT2D eigenvalue weighted by atomic mass is 79.9. The number of ether oxygens (including phenoxy) is 1. The van der Waals surface area contributed by atoms with Crippen molar-refractivity contribution in [3.05, 3.63) is 76.5 Å². The van der Waals surface area contributed by atoms with Gasteiger partial charge in [-0.1, -0.05) is 22.0 Å². The maximum absolute atomic E-state index is 12.8. The lowest BCUT2D eigenvalue weighted by molar-refractivity contribution is 0.262. The summed E-state index contributed by atoms with van der Waals surface area (Å²) in [5, 5.41) is 5.90. The standard InChI is InChI=1S/C22H20BrN5O2/c1-30-20-6-5-14(23)11-19(20)28-22(29)27-18-4-2-3-17-16(18)12-15(26-17)9-13-7-8-25-21(24)10-13/h2-8,10-12,26H,9H2,1H3,(H2,24,25)(H2,27,28,29)/i1D3,9D2. The zero-order chi connectivity index (χ0) is 25.4. The first-order valence-electron chi connectivity index (χ1n) is 11.3. The molecule has 8 heteroatoms. The summed E-state index contributed by atoms with van der Waals surface area (Å²) in [7, 11) is -2.69. The van der Waals surface area contributed by atoms with Crippen LogP contribution in [0.1, 0.15) is 18.1 Å². The minimum absolute atomic E-state index is 0.0182. The minimum Gasteiger partial charge on any atom is -0.495 e. The molecule has 0 aliphatic rings. The number of H-pyrrole nitrogens is 1. The summed E-state index contributed by atoms with van der Waals surface area (Å²) in [4.78, 5) is 19.7. The van der Waals surface area contributed by atoms with Gasteiger partial charge in [-0.2, -0.15) is 0 Å². The second-order valence-electron chi connectivity index (χ2n) is 6.37. The van der Waals surface area contributed by atoms with Crippen molar-refractivity contribution in [3.63, 3.8) is 0 Å². The molecule has 0 saturated carbocycles. The Morgan fingerprint density at radius 1 is 1.23 bits per heavy atom. The Kier molecular flexibility index (Phi) is 4.08. The molecule has 0 radical (unpaired) electrons. The van der Waals surface area contributed by atoms with Gasteiger partial charge in [0.05, 0.1) is 22.5 Å². The van der Waals surface area contributed by atoms with E-state index in [4.69, 9.17) is 17.3 Å². The summed E-state index contributed by atoms with van der Waals surface area (Å²) in [5.41, 5.74) is 7.50. The smallest absolute Gasteiger partial charge is 0.323 e. The third kappa shape index (κ3) is 4.38. The van der Waals surface area contributed by atoms with Crippen molar-refractivity contribution < 1.29 is 16.4 Å². The maximum Gasteiger partial charge on any atom is 0.323 e. The number of rotatable bonds is 5. The van der Waals surface area contributed by atoms with Crippen LogP contribution in [-0.4, -0.2) is 23.0 Å². The van der Waals surface area contributed by atoms with Crippen LogP contribution < -0.4 is 21.1 Å². The SMILES string of the molecule is [2H]C([2H])([2H])Oc1ccc(Br)cc1NC(=O)Nc1cccc2[nH]c(C([2H])([2H])c3ccnc(N)c3)cc12. The van der Waals surface area contributed by atoms with Gasteiger partial charge < -0.3 is 26.1 Å². The molecule has 5 N–H and O–H groups in total. The van der Waals surface area contributed by atoms with Crippen LogP contribution in [0.2, 0.25) is 0 Å². The number of hydrogen-bond acceptors (Lipinski definition) is 4. The number of aromatic amines is 1. The first-order chi connectivity index (χ1) is 16.4. The van der Waals surface area contributed by atoms with Crippen molar-refractivity contribution in [1.29, 1.82) is 0 Å². The van der Waals surface area contributed by atoms with Crippen LogP contribution in [0.3, 0.4) is 0 Å². The predicted molar refractivity (Wildman–Crippen MR) is 123 cm³/mol. The number of nitrogens with zero attached hydrogens (tertiary/aromatic N) is 1. The van der Waals surface area contributed by atoms with E-state index in [1.165, 1.54) is 24.4 Å². The molecule has 30 heavy (non-hydrogen) atoms. The molecule has 2 aromatic heterocycles. The Balaban J connectivity index is 1.61. The minimum atomic E-state index is -2.69. The molecule has 0 unspecified atom stereocenters. The number of nitrogen functional groups attached to an aromatic ring is 1. The van der Waals surface area contributed by atoms with Gasteiger partial charge >= 0.3 is 6.03 Å². The summed E-state index contributed by atoms with van der Waals surface area (Å²) in [6.07, 6.45) is -0.456.